The zero-order valence-corrected chi connectivity index (χ0v) is 8.97. The number of hydrogen-bond donors (Lipinski definition) is 1. The van der Waals surface area contributed by atoms with Crippen molar-refractivity contribution < 1.29 is 8.78 Å². The Labute approximate surface area is 85.0 Å². The number of nitrogens with zero attached hydrogens (tertiary/aromatic N) is 1. The largest absolute Gasteiger partial charge is 0.325 e. The molecule has 1 fully saturated rings. The predicted octanol–water partition coefficient (Wildman–Crippen LogP) is 1.28. The molecule has 6 heteroatoms. The van der Waals surface area contributed by atoms with E-state index in [0.29, 0.717) is 0 Å². The summed E-state index contributed by atoms with van der Waals surface area (Å²) in [5.74, 6) is -0.879. The Morgan fingerprint density at radius 2 is 1.77 bits per heavy atom. The highest BCUT2D eigenvalue weighted by Gasteiger charge is 2.29. The lowest BCUT2D eigenvalue weighted by atomic mass is 10.3. The Hall–Kier alpha value is 0.480. The van der Waals surface area contributed by atoms with Gasteiger partial charge < -0.3 is 5.73 Å². The summed E-state index contributed by atoms with van der Waals surface area (Å²) in [6, 6.07) is 0. The highest BCUT2D eigenvalue weighted by atomic mass is 33.1. The topological polar surface area (TPSA) is 29.3 Å². The van der Waals surface area contributed by atoms with Gasteiger partial charge in [-0.1, -0.05) is 21.6 Å². The van der Waals surface area contributed by atoms with Gasteiger partial charge in [0.1, 0.15) is 0 Å². The zero-order chi connectivity index (χ0) is 9.73. The fraction of sp³-hybridized carbons (Fsp3) is 1.00. The molecule has 0 bridgehead atoms. The number of halogens is 2. The average molecular weight is 228 g/mol. The molecule has 1 rings (SSSR count). The molecule has 0 aromatic rings. The third kappa shape index (κ3) is 4.49. The van der Waals surface area contributed by atoms with Crippen molar-refractivity contribution in [2.24, 2.45) is 5.73 Å². The van der Waals surface area contributed by atoms with Crippen molar-refractivity contribution in [2.75, 3.05) is 37.7 Å². The Balaban J connectivity index is 2.33. The number of rotatable bonds is 3. The van der Waals surface area contributed by atoms with Gasteiger partial charge in [-0.05, 0) is 0 Å². The van der Waals surface area contributed by atoms with Crippen LogP contribution in [0, 0.1) is 0 Å². The molecule has 0 aliphatic carbocycles. The van der Waals surface area contributed by atoms with Crippen molar-refractivity contribution in [1.82, 2.24) is 4.90 Å². The molecular weight excluding hydrogens is 214 g/mol. The fourth-order valence-corrected chi connectivity index (χ4v) is 3.17. The third-order valence-electron chi connectivity index (χ3n) is 1.82. The first kappa shape index (κ1) is 11.6. The number of nitrogens with two attached hydrogens (primary N) is 1. The lowest BCUT2D eigenvalue weighted by Gasteiger charge is -2.24. The minimum atomic E-state index is -2.72. The van der Waals surface area contributed by atoms with E-state index in [0.717, 1.165) is 24.6 Å². The Kier molecular flexibility index (Phi) is 4.78. The maximum absolute atomic E-state index is 12.9. The predicted molar refractivity (Wildman–Crippen MR) is 55.4 cm³/mol. The van der Waals surface area contributed by atoms with E-state index >= 15 is 0 Å². The van der Waals surface area contributed by atoms with Gasteiger partial charge >= 0.3 is 0 Å². The standard InChI is InChI=1S/C7H14F2N2S2/c8-7(9,5-10)6-11-1-3-12-13-4-2-11/h1-6,10H2. The maximum atomic E-state index is 12.9. The van der Waals surface area contributed by atoms with Crippen LogP contribution in [0.4, 0.5) is 8.78 Å². The van der Waals surface area contributed by atoms with Gasteiger partial charge in [0.2, 0.25) is 0 Å². The van der Waals surface area contributed by atoms with Crippen molar-refractivity contribution >= 4 is 21.6 Å². The molecule has 0 amide bonds. The molecule has 0 radical (unpaired) electrons. The van der Waals surface area contributed by atoms with Gasteiger partial charge in [0, 0.05) is 24.6 Å². The van der Waals surface area contributed by atoms with Crippen molar-refractivity contribution in [2.45, 2.75) is 5.92 Å². The molecule has 0 aromatic heterocycles. The van der Waals surface area contributed by atoms with Gasteiger partial charge in [0.05, 0.1) is 13.1 Å². The second kappa shape index (κ2) is 5.38. The molecule has 1 heterocycles. The molecule has 0 unspecified atom stereocenters. The van der Waals surface area contributed by atoms with Crippen LogP contribution in [0.2, 0.25) is 0 Å². The molecule has 1 aliphatic heterocycles. The van der Waals surface area contributed by atoms with Crippen LogP contribution in [-0.4, -0.2) is 48.5 Å². The van der Waals surface area contributed by atoms with Gasteiger partial charge in [-0.2, -0.15) is 0 Å². The van der Waals surface area contributed by atoms with E-state index in [9.17, 15) is 8.78 Å². The monoisotopic (exact) mass is 228 g/mol. The summed E-state index contributed by atoms with van der Waals surface area (Å²) in [5.41, 5.74) is 4.98. The van der Waals surface area contributed by atoms with Gasteiger partial charge in [0.25, 0.3) is 5.92 Å². The molecule has 0 saturated carbocycles. The molecule has 2 nitrogen and oxygen atoms in total. The van der Waals surface area contributed by atoms with Crippen LogP contribution in [0.5, 0.6) is 0 Å². The minimum Gasteiger partial charge on any atom is -0.325 e. The van der Waals surface area contributed by atoms with Crippen molar-refractivity contribution in [3.05, 3.63) is 0 Å². The van der Waals surface area contributed by atoms with E-state index in [-0.39, 0.29) is 6.54 Å². The third-order valence-corrected chi connectivity index (χ3v) is 4.18. The van der Waals surface area contributed by atoms with E-state index < -0.39 is 12.5 Å². The number of alkyl halides is 2. The van der Waals surface area contributed by atoms with Gasteiger partial charge in [-0.25, -0.2) is 8.78 Å². The number of hydrogen-bond acceptors (Lipinski definition) is 4. The van der Waals surface area contributed by atoms with Crippen LogP contribution < -0.4 is 5.73 Å². The normalized spacial score (nSPS) is 21.5. The lowest BCUT2D eigenvalue weighted by Crippen LogP contribution is -2.43. The maximum Gasteiger partial charge on any atom is 0.272 e. The van der Waals surface area contributed by atoms with Crippen LogP contribution >= 0.6 is 21.6 Å². The summed E-state index contributed by atoms with van der Waals surface area (Å²) in [6.07, 6.45) is 0. The van der Waals surface area contributed by atoms with Crippen molar-refractivity contribution in [1.29, 1.82) is 0 Å². The molecule has 0 aromatic carbocycles. The van der Waals surface area contributed by atoms with Gasteiger partial charge in [-0.3, -0.25) is 4.90 Å². The highest BCUT2D eigenvalue weighted by Crippen LogP contribution is 2.25. The van der Waals surface area contributed by atoms with Crippen molar-refractivity contribution in [3.8, 4) is 0 Å². The molecular formula is C7H14F2N2S2. The van der Waals surface area contributed by atoms with E-state index in [2.05, 4.69) is 0 Å². The quantitative estimate of drug-likeness (QED) is 0.737. The van der Waals surface area contributed by atoms with E-state index in [4.69, 9.17) is 5.73 Å². The first-order valence-corrected chi connectivity index (χ1v) is 6.67. The van der Waals surface area contributed by atoms with Crippen LogP contribution in [0.1, 0.15) is 0 Å². The van der Waals surface area contributed by atoms with Crippen LogP contribution in [-0.2, 0) is 0 Å². The lowest BCUT2D eigenvalue weighted by molar-refractivity contribution is -0.0205. The first-order valence-electron chi connectivity index (χ1n) is 4.19. The fourth-order valence-electron chi connectivity index (χ4n) is 1.11. The van der Waals surface area contributed by atoms with E-state index in [1.165, 1.54) is 0 Å². The van der Waals surface area contributed by atoms with Crippen LogP contribution in [0.15, 0.2) is 0 Å². The SMILES string of the molecule is NCC(F)(F)CN1CCSSCC1. The van der Waals surface area contributed by atoms with Crippen LogP contribution in [0.3, 0.4) is 0 Å². The summed E-state index contributed by atoms with van der Waals surface area (Å²) < 4.78 is 25.8. The summed E-state index contributed by atoms with van der Waals surface area (Å²) in [4.78, 5) is 1.79. The summed E-state index contributed by atoms with van der Waals surface area (Å²) in [6.45, 7) is 0.745. The van der Waals surface area contributed by atoms with E-state index in [1.807, 2.05) is 0 Å². The van der Waals surface area contributed by atoms with Crippen molar-refractivity contribution in [3.63, 3.8) is 0 Å². The molecule has 13 heavy (non-hydrogen) atoms. The molecule has 0 atom stereocenters. The second-order valence-electron chi connectivity index (χ2n) is 2.98. The van der Waals surface area contributed by atoms with Gasteiger partial charge in [-0.15, -0.1) is 0 Å². The van der Waals surface area contributed by atoms with Crippen LogP contribution in [0.25, 0.3) is 0 Å². The molecule has 1 saturated heterocycles. The van der Waals surface area contributed by atoms with Gasteiger partial charge in [0.15, 0.2) is 0 Å². The zero-order valence-electron chi connectivity index (χ0n) is 7.34. The first-order chi connectivity index (χ1) is 6.14. The molecule has 2 N–H and O–H groups in total. The summed E-state index contributed by atoms with van der Waals surface area (Å²) in [7, 11) is 3.50. The average Bonchev–Trinajstić information content (AvgIpc) is 2.32. The minimum absolute atomic E-state index is 0.190. The molecule has 1 aliphatic rings. The molecule has 0 spiro atoms. The Morgan fingerprint density at radius 3 is 2.23 bits per heavy atom. The second-order valence-corrected chi connectivity index (χ2v) is 5.68. The Bertz CT molecular complexity index is 149. The Morgan fingerprint density at radius 1 is 1.23 bits per heavy atom. The summed E-state index contributed by atoms with van der Waals surface area (Å²) in [5, 5.41) is 0. The smallest absolute Gasteiger partial charge is 0.272 e. The molecule has 78 valence electrons. The summed E-state index contributed by atoms with van der Waals surface area (Å²) >= 11 is 0. The highest BCUT2D eigenvalue weighted by molar-refractivity contribution is 8.76. The van der Waals surface area contributed by atoms with E-state index in [1.54, 1.807) is 26.5 Å².